The summed E-state index contributed by atoms with van der Waals surface area (Å²) in [7, 11) is 0. The minimum absolute atomic E-state index is 0.345. The number of fused-ring (bicyclic) bond motifs is 3. The van der Waals surface area contributed by atoms with Gasteiger partial charge < -0.3 is 5.11 Å². The SMILES string of the molecule is CC.CC1CC(=O)CC2c3ccc(O)cc3CCC12. The van der Waals surface area contributed by atoms with Gasteiger partial charge in [0.05, 0.1) is 0 Å². The van der Waals surface area contributed by atoms with Crippen molar-refractivity contribution in [3.05, 3.63) is 29.3 Å². The zero-order valence-corrected chi connectivity index (χ0v) is 12.1. The van der Waals surface area contributed by atoms with Crippen LogP contribution in [0.25, 0.3) is 0 Å². The van der Waals surface area contributed by atoms with Crippen molar-refractivity contribution in [2.24, 2.45) is 11.8 Å². The molecular weight excluding hydrogens is 236 g/mol. The second-order valence-corrected chi connectivity index (χ2v) is 5.62. The van der Waals surface area contributed by atoms with Crippen LogP contribution in [-0.4, -0.2) is 10.9 Å². The Morgan fingerprint density at radius 3 is 2.68 bits per heavy atom. The van der Waals surface area contributed by atoms with E-state index in [1.165, 1.54) is 11.1 Å². The topological polar surface area (TPSA) is 37.3 Å². The van der Waals surface area contributed by atoms with Gasteiger partial charge in [0, 0.05) is 12.8 Å². The number of aryl methyl sites for hydroxylation is 1. The van der Waals surface area contributed by atoms with E-state index in [0.717, 1.165) is 19.3 Å². The second kappa shape index (κ2) is 5.77. The molecule has 0 radical (unpaired) electrons. The van der Waals surface area contributed by atoms with E-state index in [1.807, 2.05) is 26.0 Å². The van der Waals surface area contributed by atoms with Gasteiger partial charge in [0.25, 0.3) is 0 Å². The number of aromatic hydroxyl groups is 1. The highest BCUT2D eigenvalue weighted by molar-refractivity contribution is 5.80. The number of Topliss-reactive ketones (excluding diaryl/α,β-unsaturated/α-hetero) is 1. The van der Waals surface area contributed by atoms with Crippen molar-refractivity contribution in [1.29, 1.82) is 0 Å². The Labute approximate surface area is 115 Å². The molecule has 1 aromatic rings. The van der Waals surface area contributed by atoms with Crippen LogP contribution < -0.4 is 0 Å². The number of carbonyl (C=O) groups excluding carboxylic acids is 1. The average molecular weight is 260 g/mol. The Kier molecular flexibility index (Phi) is 4.28. The molecule has 0 amide bonds. The molecule has 3 atom stereocenters. The van der Waals surface area contributed by atoms with Crippen LogP contribution >= 0.6 is 0 Å². The van der Waals surface area contributed by atoms with E-state index in [1.54, 1.807) is 6.07 Å². The first-order valence-electron chi connectivity index (χ1n) is 7.48. The summed E-state index contributed by atoms with van der Waals surface area (Å²) < 4.78 is 0. The lowest BCUT2D eigenvalue weighted by molar-refractivity contribution is -0.123. The zero-order valence-electron chi connectivity index (χ0n) is 12.1. The van der Waals surface area contributed by atoms with E-state index in [4.69, 9.17) is 0 Å². The van der Waals surface area contributed by atoms with Crippen molar-refractivity contribution in [2.75, 3.05) is 0 Å². The highest BCUT2D eigenvalue weighted by Crippen LogP contribution is 2.47. The first kappa shape index (κ1) is 14.1. The fourth-order valence-corrected chi connectivity index (χ4v) is 3.71. The van der Waals surface area contributed by atoms with Crippen molar-refractivity contribution in [3.63, 3.8) is 0 Å². The van der Waals surface area contributed by atoms with Gasteiger partial charge in [0.1, 0.15) is 11.5 Å². The molecule has 1 aromatic carbocycles. The molecule has 2 aliphatic carbocycles. The molecule has 3 unspecified atom stereocenters. The Hall–Kier alpha value is -1.31. The first-order chi connectivity index (χ1) is 9.15. The van der Waals surface area contributed by atoms with Crippen molar-refractivity contribution in [1.82, 2.24) is 0 Å². The van der Waals surface area contributed by atoms with Crippen molar-refractivity contribution < 1.29 is 9.90 Å². The maximum atomic E-state index is 11.8. The van der Waals surface area contributed by atoms with Crippen LogP contribution in [0.1, 0.15) is 57.1 Å². The van der Waals surface area contributed by atoms with E-state index in [9.17, 15) is 9.90 Å². The summed E-state index contributed by atoms with van der Waals surface area (Å²) in [4.78, 5) is 11.8. The van der Waals surface area contributed by atoms with Crippen LogP contribution in [0.5, 0.6) is 5.75 Å². The fourth-order valence-electron chi connectivity index (χ4n) is 3.71. The number of hydrogen-bond donors (Lipinski definition) is 1. The molecule has 3 rings (SSSR count). The summed E-state index contributed by atoms with van der Waals surface area (Å²) in [6, 6.07) is 5.65. The van der Waals surface area contributed by atoms with Gasteiger partial charge in [-0.3, -0.25) is 4.79 Å². The van der Waals surface area contributed by atoms with Crippen molar-refractivity contribution in [2.45, 2.75) is 52.4 Å². The highest BCUT2D eigenvalue weighted by Gasteiger charge is 2.38. The van der Waals surface area contributed by atoms with E-state index in [-0.39, 0.29) is 0 Å². The van der Waals surface area contributed by atoms with Crippen LogP contribution in [0.2, 0.25) is 0 Å². The molecule has 2 aliphatic rings. The molecule has 0 saturated heterocycles. The monoisotopic (exact) mass is 260 g/mol. The third-order valence-corrected chi connectivity index (χ3v) is 4.52. The molecule has 0 aromatic heterocycles. The number of ketones is 1. The Morgan fingerprint density at radius 1 is 1.21 bits per heavy atom. The van der Waals surface area contributed by atoms with E-state index in [2.05, 4.69) is 6.92 Å². The largest absolute Gasteiger partial charge is 0.508 e. The molecule has 2 heteroatoms. The van der Waals surface area contributed by atoms with Gasteiger partial charge in [-0.1, -0.05) is 26.8 Å². The third kappa shape index (κ3) is 2.68. The molecule has 19 heavy (non-hydrogen) atoms. The summed E-state index contributed by atoms with van der Waals surface area (Å²) in [5.74, 6) is 2.32. The fraction of sp³-hybridized carbons (Fsp3) is 0.588. The standard InChI is InChI=1S/C15H18O2.C2H6/c1-9-6-12(17)8-15-13(9)4-2-10-7-11(16)3-5-14(10)15;1-2/h3,5,7,9,13,15-16H,2,4,6,8H2,1H3;1-2H3. The zero-order chi connectivity index (χ0) is 14.0. The molecule has 0 bridgehead atoms. The lowest BCUT2D eigenvalue weighted by Crippen LogP contribution is -2.33. The second-order valence-electron chi connectivity index (χ2n) is 5.62. The number of phenolic OH excluding ortho intramolecular Hbond substituents is 1. The van der Waals surface area contributed by atoms with E-state index in [0.29, 0.717) is 35.7 Å². The smallest absolute Gasteiger partial charge is 0.133 e. The molecule has 1 saturated carbocycles. The number of rotatable bonds is 0. The van der Waals surface area contributed by atoms with Gasteiger partial charge in [0.15, 0.2) is 0 Å². The van der Waals surface area contributed by atoms with Gasteiger partial charge in [-0.25, -0.2) is 0 Å². The van der Waals surface area contributed by atoms with Crippen LogP contribution in [0, 0.1) is 11.8 Å². The quantitative estimate of drug-likeness (QED) is 0.763. The Morgan fingerprint density at radius 2 is 1.95 bits per heavy atom. The van der Waals surface area contributed by atoms with Crippen LogP contribution in [0.4, 0.5) is 0 Å². The van der Waals surface area contributed by atoms with Crippen LogP contribution in [0.15, 0.2) is 18.2 Å². The van der Waals surface area contributed by atoms with Gasteiger partial charge in [0.2, 0.25) is 0 Å². The summed E-state index contributed by atoms with van der Waals surface area (Å²) in [5.41, 5.74) is 2.55. The lowest BCUT2D eigenvalue weighted by Gasteiger charge is -2.40. The lowest BCUT2D eigenvalue weighted by atomic mass is 9.64. The maximum absolute atomic E-state index is 11.8. The van der Waals surface area contributed by atoms with Crippen LogP contribution in [-0.2, 0) is 11.2 Å². The molecule has 0 heterocycles. The molecule has 1 fully saturated rings. The molecular formula is C17H24O2. The average Bonchev–Trinajstić information content (AvgIpc) is 2.40. The minimum Gasteiger partial charge on any atom is -0.508 e. The molecule has 104 valence electrons. The van der Waals surface area contributed by atoms with Crippen molar-refractivity contribution >= 4 is 5.78 Å². The first-order valence-corrected chi connectivity index (χ1v) is 7.48. The maximum Gasteiger partial charge on any atom is 0.133 e. The normalized spacial score (nSPS) is 28.8. The highest BCUT2D eigenvalue weighted by atomic mass is 16.3. The van der Waals surface area contributed by atoms with Gasteiger partial charge in [-0.2, -0.15) is 0 Å². The summed E-state index contributed by atoms with van der Waals surface area (Å²) in [6.45, 7) is 6.21. The Balaban J connectivity index is 0.000000637. The predicted molar refractivity (Wildman–Crippen MR) is 77.4 cm³/mol. The summed E-state index contributed by atoms with van der Waals surface area (Å²) in [5, 5.41) is 9.52. The van der Waals surface area contributed by atoms with E-state index >= 15 is 0 Å². The number of hydrogen-bond acceptors (Lipinski definition) is 2. The molecule has 1 N–H and O–H groups in total. The predicted octanol–water partition coefficient (Wildman–Crippen LogP) is 4.06. The third-order valence-electron chi connectivity index (χ3n) is 4.52. The van der Waals surface area contributed by atoms with Crippen LogP contribution in [0.3, 0.4) is 0 Å². The molecule has 2 nitrogen and oxygen atoms in total. The summed E-state index contributed by atoms with van der Waals surface area (Å²) >= 11 is 0. The van der Waals surface area contributed by atoms with Gasteiger partial charge in [-0.15, -0.1) is 0 Å². The number of carbonyl (C=O) groups is 1. The molecule has 0 spiro atoms. The van der Waals surface area contributed by atoms with Gasteiger partial charge in [-0.05, 0) is 53.9 Å². The molecule has 0 aliphatic heterocycles. The van der Waals surface area contributed by atoms with Gasteiger partial charge >= 0.3 is 0 Å². The number of benzene rings is 1. The number of phenols is 1. The Bertz CT molecular complexity index is 464. The van der Waals surface area contributed by atoms with E-state index < -0.39 is 0 Å². The van der Waals surface area contributed by atoms with Crippen molar-refractivity contribution in [3.8, 4) is 5.75 Å². The summed E-state index contributed by atoms with van der Waals surface area (Å²) in [6.07, 6.45) is 3.67. The minimum atomic E-state index is 0.345.